The smallest absolute Gasteiger partial charge is 0.410 e. The molecule has 0 saturated carbocycles. The second-order valence-corrected chi connectivity index (χ2v) is 14.6. The van der Waals surface area contributed by atoms with Gasteiger partial charge in [0.15, 0.2) is 17.7 Å². The topological polar surface area (TPSA) is 136 Å². The van der Waals surface area contributed by atoms with E-state index in [1.54, 1.807) is 25.9 Å². The lowest BCUT2D eigenvalue weighted by Gasteiger charge is -2.48. The molecule has 0 aromatic carbocycles. The molecule has 0 spiro atoms. The molecular formula is C33H57N3O9. The Morgan fingerprint density at radius 2 is 1.78 bits per heavy atom. The lowest BCUT2D eigenvalue weighted by atomic mass is 9.72. The van der Waals surface area contributed by atoms with E-state index in [0.717, 1.165) is 0 Å². The van der Waals surface area contributed by atoms with Gasteiger partial charge < -0.3 is 39.0 Å². The summed E-state index contributed by atoms with van der Waals surface area (Å²) in [6.45, 7) is 16.2. The molecule has 2 N–H and O–H groups in total. The predicted octanol–water partition coefficient (Wildman–Crippen LogP) is 2.59. The Hall–Kier alpha value is -1.83. The van der Waals surface area contributed by atoms with Crippen molar-refractivity contribution in [3.05, 3.63) is 0 Å². The molecule has 4 heterocycles. The lowest BCUT2D eigenvalue weighted by molar-refractivity contribution is -0.295. The molecule has 14 atom stereocenters. The van der Waals surface area contributed by atoms with E-state index in [1.807, 2.05) is 46.7 Å². The van der Waals surface area contributed by atoms with Gasteiger partial charge in [-0.1, -0.05) is 27.7 Å². The van der Waals surface area contributed by atoms with Crippen molar-refractivity contribution in [1.82, 2.24) is 15.1 Å². The number of carbonyl (C=O) groups is 3. The Labute approximate surface area is 268 Å². The van der Waals surface area contributed by atoms with E-state index in [0.29, 0.717) is 32.4 Å². The Morgan fingerprint density at radius 3 is 2.38 bits per heavy atom. The minimum absolute atomic E-state index is 0.00751. The van der Waals surface area contributed by atoms with Crippen LogP contribution in [0.15, 0.2) is 0 Å². The highest BCUT2D eigenvalue weighted by Crippen LogP contribution is 2.44. The summed E-state index contributed by atoms with van der Waals surface area (Å²) in [7, 11) is 5.41. The number of cyclic esters (lactones) is 1. The predicted molar refractivity (Wildman–Crippen MR) is 166 cm³/mol. The van der Waals surface area contributed by atoms with Crippen molar-refractivity contribution in [3.8, 4) is 0 Å². The van der Waals surface area contributed by atoms with Crippen molar-refractivity contribution < 1.29 is 43.2 Å². The standard InChI is InChI=1S/C33H57N3O9/c1-12-23-33(8)27-19(4)24(34-13-14-36(27)31(40)45-33)17(2)16-32(7,41-11)28(20(5)25(37)21(6)29(39)43-23)44-30-26(38)22(35(9)10)15-18(3)42-30/h17-24,26-28,30,34,38H,12-16H2,1-11H3/t17-,18-,19+,20+,21-,22+,23-,24+,26-,27-,28-,30+,32-,33-/m1/s1. The summed E-state index contributed by atoms with van der Waals surface area (Å²) >= 11 is 0. The number of aliphatic hydroxyl groups is 1. The molecule has 0 radical (unpaired) electrons. The molecule has 0 aromatic rings. The number of hydrogen-bond acceptors (Lipinski definition) is 11. The Bertz CT molecular complexity index is 1090. The van der Waals surface area contributed by atoms with E-state index in [9.17, 15) is 19.5 Å². The lowest BCUT2D eigenvalue weighted by Crippen LogP contribution is -2.61. The molecule has 4 fully saturated rings. The average Bonchev–Trinajstić information content (AvgIpc) is 3.11. The van der Waals surface area contributed by atoms with Gasteiger partial charge in [0, 0.05) is 38.2 Å². The zero-order valence-electron chi connectivity index (χ0n) is 29.1. The SMILES string of the molecule is CC[C@H]1OC(=O)[C@H](C)C(=O)[C@H](C)[C@@H](O[C@@H]2O[C@H](C)C[C@H](N(C)C)[C@H]2O)[C@](C)(OC)C[C@@H](C)[C@@H]2NCCN3C(=O)O[C@@]1(C)[C@H]3[C@H]2C. The van der Waals surface area contributed by atoms with Crippen LogP contribution in [0.4, 0.5) is 4.79 Å². The second kappa shape index (κ2) is 13.7. The first-order chi connectivity index (χ1) is 21.0. The van der Waals surface area contributed by atoms with E-state index >= 15 is 0 Å². The minimum Gasteiger partial charge on any atom is -0.458 e. The van der Waals surface area contributed by atoms with Crippen LogP contribution in [0.25, 0.3) is 0 Å². The first kappa shape index (κ1) is 36.0. The maximum absolute atomic E-state index is 14.1. The van der Waals surface area contributed by atoms with E-state index in [1.165, 1.54) is 0 Å². The fraction of sp³-hybridized carbons (Fsp3) is 0.909. The molecule has 258 valence electrons. The highest BCUT2D eigenvalue weighted by Gasteiger charge is 2.61. The van der Waals surface area contributed by atoms with Crippen LogP contribution in [-0.4, -0.2) is 127 Å². The summed E-state index contributed by atoms with van der Waals surface area (Å²) in [6.07, 6.45) is -2.69. The third kappa shape index (κ3) is 6.65. The number of nitrogens with one attached hydrogen (secondary N) is 1. The summed E-state index contributed by atoms with van der Waals surface area (Å²) in [5.74, 6) is -3.08. The van der Waals surface area contributed by atoms with Crippen LogP contribution in [0.2, 0.25) is 0 Å². The Morgan fingerprint density at radius 1 is 1.11 bits per heavy atom. The van der Waals surface area contributed by atoms with Gasteiger partial charge in [-0.25, -0.2) is 4.79 Å². The normalized spacial score (nSPS) is 46.8. The van der Waals surface area contributed by atoms with Crippen molar-refractivity contribution in [1.29, 1.82) is 0 Å². The van der Waals surface area contributed by atoms with Crippen molar-refractivity contribution in [2.75, 3.05) is 34.3 Å². The molecular weight excluding hydrogens is 582 g/mol. The first-order valence-electron chi connectivity index (χ1n) is 16.7. The average molecular weight is 640 g/mol. The maximum Gasteiger partial charge on any atom is 0.410 e. The van der Waals surface area contributed by atoms with Crippen molar-refractivity contribution >= 4 is 17.8 Å². The number of esters is 1. The van der Waals surface area contributed by atoms with Gasteiger partial charge in [-0.2, -0.15) is 0 Å². The highest BCUT2D eigenvalue weighted by molar-refractivity contribution is 6.00. The van der Waals surface area contributed by atoms with Crippen LogP contribution >= 0.6 is 0 Å². The van der Waals surface area contributed by atoms with Gasteiger partial charge in [0.25, 0.3) is 0 Å². The first-order valence-corrected chi connectivity index (χ1v) is 16.7. The number of methoxy groups -OCH3 is 1. The summed E-state index contributed by atoms with van der Waals surface area (Å²) < 4.78 is 31.2. The number of nitrogens with zero attached hydrogens (tertiary/aromatic N) is 2. The van der Waals surface area contributed by atoms with Gasteiger partial charge in [0.05, 0.1) is 23.9 Å². The number of carbonyl (C=O) groups excluding carboxylic acids is 3. The zero-order chi connectivity index (χ0) is 33.6. The number of hydrogen-bond donors (Lipinski definition) is 2. The van der Waals surface area contributed by atoms with E-state index in [4.69, 9.17) is 23.7 Å². The summed E-state index contributed by atoms with van der Waals surface area (Å²) in [5, 5.41) is 15.0. The fourth-order valence-electron chi connectivity index (χ4n) is 8.66. The Balaban J connectivity index is 1.79. The molecule has 0 aromatic heterocycles. The fourth-order valence-corrected chi connectivity index (χ4v) is 8.66. The van der Waals surface area contributed by atoms with Gasteiger partial charge in [-0.15, -0.1) is 0 Å². The summed E-state index contributed by atoms with van der Waals surface area (Å²) in [5.41, 5.74) is -2.13. The van der Waals surface area contributed by atoms with Crippen molar-refractivity contribution in [2.45, 2.75) is 135 Å². The van der Waals surface area contributed by atoms with Gasteiger partial charge in [0.2, 0.25) is 0 Å². The highest BCUT2D eigenvalue weighted by atomic mass is 16.7. The number of fused-ring (bicyclic) bond motifs is 1. The number of Topliss-reactive ketones (excluding diaryl/α,β-unsaturated/α-hetero) is 1. The largest absolute Gasteiger partial charge is 0.458 e. The summed E-state index contributed by atoms with van der Waals surface area (Å²) in [4.78, 5) is 44.7. The molecule has 12 nitrogen and oxygen atoms in total. The maximum atomic E-state index is 14.1. The quantitative estimate of drug-likeness (QED) is 0.339. The number of rotatable bonds is 5. The van der Waals surface area contributed by atoms with Crippen LogP contribution in [0.1, 0.15) is 74.7 Å². The van der Waals surface area contributed by atoms with Crippen LogP contribution in [0, 0.1) is 23.7 Å². The molecule has 45 heavy (non-hydrogen) atoms. The molecule has 0 aliphatic carbocycles. The number of aliphatic hydroxyl groups excluding tert-OH is 1. The molecule has 1 amide bonds. The minimum atomic E-state index is -1.12. The van der Waals surface area contributed by atoms with Crippen LogP contribution in [0.3, 0.4) is 0 Å². The Kier molecular flexibility index (Phi) is 11.0. The third-order valence-electron chi connectivity index (χ3n) is 11.2. The zero-order valence-corrected chi connectivity index (χ0v) is 29.1. The van der Waals surface area contributed by atoms with Gasteiger partial charge >= 0.3 is 12.1 Å². The van der Waals surface area contributed by atoms with Crippen molar-refractivity contribution in [3.63, 3.8) is 0 Å². The molecule has 4 saturated heterocycles. The number of amides is 1. The van der Waals surface area contributed by atoms with E-state index < -0.39 is 59.7 Å². The molecule has 0 unspecified atom stereocenters. The number of ether oxygens (including phenoxy) is 5. The van der Waals surface area contributed by atoms with E-state index in [2.05, 4.69) is 19.2 Å². The molecule has 4 aliphatic heterocycles. The number of likely N-dealkylation sites (N-methyl/N-ethyl adjacent to an activating group) is 1. The third-order valence-corrected chi connectivity index (χ3v) is 11.2. The molecule has 12 heteroatoms. The van der Waals surface area contributed by atoms with Gasteiger partial charge in [-0.05, 0) is 72.9 Å². The van der Waals surface area contributed by atoms with Crippen molar-refractivity contribution in [2.24, 2.45) is 23.7 Å². The summed E-state index contributed by atoms with van der Waals surface area (Å²) in [6, 6.07) is -0.644. The molecule has 4 aliphatic rings. The number of ketones is 1. The molecule has 4 rings (SSSR count). The van der Waals surface area contributed by atoms with Crippen LogP contribution in [-0.2, 0) is 33.3 Å². The van der Waals surface area contributed by atoms with Crippen LogP contribution in [0.5, 0.6) is 0 Å². The monoisotopic (exact) mass is 639 g/mol. The molecule has 2 bridgehead atoms. The van der Waals surface area contributed by atoms with Crippen LogP contribution < -0.4 is 5.32 Å². The van der Waals surface area contributed by atoms with Gasteiger partial charge in [-0.3, -0.25) is 14.5 Å². The van der Waals surface area contributed by atoms with E-state index in [-0.39, 0.29) is 41.8 Å². The van der Waals surface area contributed by atoms with Gasteiger partial charge in [0.1, 0.15) is 18.1 Å². The second-order valence-electron chi connectivity index (χ2n) is 14.6.